The summed E-state index contributed by atoms with van der Waals surface area (Å²) in [6.45, 7) is 3.87. The molecule has 0 atom stereocenters. The van der Waals surface area contributed by atoms with E-state index in [-0.39, 0.29) is 12.5 Å². The molecule has 0 aliphatic carbocycles. The number of ether oxygens (including phenoxy) is 1. The van der Waals surface area contributed by atoms with E-state index < -0.39 is 0 Å². The minimum absolute atomic E-state index is 0.0529. The van der Waals surface area contributed by atoms with Crippen molar-refractivity contribution in [3.05, 3.63) is 28.2 Å². The topological polar surface area (TPSA) is 50.7 Å². The first-order chi connectivity index (χ1) is 8.13. The van der Waals surface area contributed by atoms with Crippen molar-refractivity contribution in [3.8, 4) is 5.75 Å². The normalized spacial score (nSPS) is 10.5. The molecule has 1 rings (SSSR count). The number of carbonyl (C=O) groups excluding carboxylic acids is 1. The zero-order valence-electron chi connectivity index (χ0n) is 9.87. The summed E-state index contributed by atoms with van der Waals surface area (Å²) in [7, 11) is 0. The molecule has 0 aromatic heterocycles. The maximum Gasteiger partial charge on any atom is 0.277 e. The number of amides is 1. The van der Waals surface area contributed by atoms with Crippen LogP contribution in [-0.2, 0) is 4.79 Å². The average molecular weight is 299 g/mol. The number of hydrogen-bond acceptors (Lipinski definition) is 3. The van der Waals surface area contributed by atoms with E-state index in [2.05, 4.69) is 26.5 Å². The van der Waals surface area contributed by atoms with Gasteiger partial charge >= 0.3 is 0 Å². The first kappa shape index (κ1) is 13.7. The molecular weight excluding hydrogens is 284 g/mol. The second-order valence-electron chi connectivity index (χ2n) is 3.48. The molecule has 1 amide bonds. The minimum atomic E-state index is -0.276. The minimum Gasteiger partial charge on any atom is -0.483 e. The molecular formula is C12H15BrN2O2. The first-order valence-corrected chi connectivity index (χ1v) is 6.12. The number of aryl methyl sites for hydroxylation is 1. The fourth-order valence-corrected chi connectivity index (χ4v) is 1.72. The van der Waals surface area contributed by atoms with Crippen molar-refractivity contribution in [2.45, 2.75) is 20.3 Å². The quantitative estimate of drug-likeness (QED) is 0.671. The van der Waals surface area contributed by atoms with Crippen molar-refractivity contribution in [1.29, 1.82) is 0 Å². The lowest BCUT2D eigenvalue weighted by atomic mass is 10.2. The summed E-state index contributed by atoms with van der Waals surface area (Å²) >= 11 is 3.37. The maximum absolute atomic E-state index is 11.3. The molecule has 0 saturated heterocycles. The van der Waals surface area contributed by atoms with Gasteiger partial charge in [-0.05, 0) is 47.0 Å². The van der Waals surface area contributed by atoms with Crippen LogP contribution in [0.2, 0.25) is 0 Å². The third-order valence-electron chi connectivity index (χ3n) is 1.91. The van der Waals surface area contributed by atoms with Gasteiger partial charge in [-0.25, -0.2) is 5.43 Å². The summed E-state index contributed by atoms with van der Waals surface area (Å²) in [6.07, 6.45) is 2.41. The Morgan fingerprint density at radius 2 is 2.35 bits per heavy atom. The average Bonchev–Trinajstić information content (AvgIpc) is 2.28. The number of carbonyl (C=O) groups is 1. The summed E-state index contributed by atoms with van der Waals surface area (Å²) in [5, 5.41) is 3.72. The van der Waals surface area contributed by atoms with E-state index in [0.717, 1.165) is 16.5 Å². The van der Waals surface area contributed by atoms with Gasteiger partial charge in [0.25, 0.3) is 5.91 Å². The molecule has 1 aromatic carbocycles. The molecule has 0 bridgehead atoms. The number of benzene rings is 1. The van der Waals surface area contributed by atoms with Crippen LogP contribution in [-0.4, -0.2) is 18.7 Å². The molecule has 4 nitrogen and oxygen atoms in total. The highest BCUT2D eigenvalue weighted by molar-refractivity contribution is 9.10. The Bertz CT molecular complexity index is 419. The van der Waals surface area contributed by atoms with Gasteiger partial charge in [-0.15, -0.1) is 0 Å². The molecule has 0 fully saturated rings. The van der Waals surface area contributed by atoms with E-state index in [4.69, 9.17) is 4.74 Å². The number of rotatable bonds is 5. The summed E-state index contributed by atoms with van der Waals surface area (Å²) in [6, 6.07) is 5.68. The monoisotopic (exact) mass is 298 g/mol. The third-order valence-corrected chi connectivity index (χ3v) is 2.53. The van der Waals surface area contributed by atoms with Crippen LogP contribution >= 0.6 is 15.9 Å². The largest absolute Gasteiger partial charge is 0.483 e. The Morgan fingerprint density at radius 1 is 1.59 bits per heavy atom. The van der Waals surface area contributed by atoms with Crippen LogP contribution in [0.3, 0.4) is 0 Å². The Balaban J connectivity index is 2.44. The van der Waals surface area contributed by atoms with Gasteiger partial charge in [0.1, 0.15) is 5.75 Å². The number of nitrogens with one attached hydrogen (secondary N) is 1. The van der Waals surface area contributed by atoms with Crippen LogP contribution in [0, 0.1) is 6.92 Å². The molecule has 0 aliphatic rings. The standard InChI is InChI=1S/C12H15BrN2O2/c1-3-6-14-15-12(16)8-17-11-5-4-9(2)7-10(11)13/h4-7H,3,8H2,1-2H3,(H,15,16). The van der Waals surface area contributed by atoms with E-state index in [9.17, 15) is 4.79 Å². The van der Waals surface area contributed by atoms with Crippen molar-refractivity contribution < 1.29 is 9.53 Å². The van der Waals surface area contributed by atoms with E-state index in [0.29, 0.717) is 5.75 Å². The van der Waals surface area contributed by atoms with Gasteiger partial charge in [0.15, 0.2) is 6.61 Å². The van der Waals surface area contributed by atoms with Gasteiger partial charge in [-0.3, -0.25) is 4.79 Å². The molecule has 0 radical (unpaired) electrons. The molecule has 0 heterocycles. The highest BCUT2D eigenvalue weighted by Crippen LogP contribution is 2.25. The zero-order chi connectivity index (χ0) is 12.7. The molecule has 0 spiro atoms. The Hall–Kier alpha value is -1.36. The molecule has 92 valence electrons. The van der Waals surface area contributed by atoms with E-state index in [1.54, 1.807) is 6.21 Å². The molecule has 0 aliphatic heterocycles. The summed E-state index contributed by atoms with van der Waals surface area (Å²) in [4.78, 5) is 11.3. The van der Waals surface area contributed by atoms with Gasteiger partial charge < -0.3 is 4.74 Å². The van der Waals surface area contributed by atoms with Gasteiger partial charge in [0, 0.05) is 6.21 Å². The lowest BCUT2D eigenvalue weighted by Gasteiger charge is -2.07. The first-order valence-electron chi connectivity index (χ1n) is 5.32. The second-order valence-corrected chi connectivity index (χ2v) is 4.33. The fourth-order valence-electron chi connectivity index (χ4n) is 1.11. The predicted octanol–water partition coefficient (Wildman–Crippen LogP) is 2.65. The Morgan fingerprint density at radius 3 is 3.00 bits per heavy atom. The van der Waals surface area contributed by atoms with Crippen molar-refractivity contribution in [2.24, 2.45) is 5.10 Å². The molecule has 0 saturated carbocycles. The lowest BCUT2D eigenvalue weighted by molar-refractivity contribution is -0.123. The number of hydrazone groups is 1. The number of halogens is 1. The van der Waals surface area contributed by atoms with Crippen molar-refractivity contribution in [3.63, 3.8) is 0 Å². The molecule has 17 heavy (non-hydrogen) atoms. The van der Waals surface area contributed by atoms with Gasteiger partial charge in [-0.2, -0.15) is 5.10 Å². The van der Waals surface area contributed by atoms with E-state index >= 15 is 0 Å². The third kappa shape index (κ3) is 4.99. The summed E-state index contributed by atoms with van der Waals surface area (Å²) in [5.74, 6) is 0.368. The molecule has 1 aromatic rings. The SMILES string of the molecule is CCC=NNC(=O)COc1ccc(C)cc1Br. The van der Waals surface area contributed by atoms with Crippen LogP contribution in [0.15, 0.2) is 27.8 Å². The van der Waals surface area contributed by atoms with E-state index in [1.165, 1.54) is 0 Å². The predicted molar refractivity (Wildman–Crippen MR) is 71.3 cm³/mol. The van der Waals surface area contributed by atoms with Crippen LogP contribution in [0.4, 0.5) is 0 Å². The number of nitrogens with zero attached hydrogens (tertiary/aromatic N) is 1. The van der Waals surface area contributed by atoms with Crippen molar-refractivity contribution in [2.75, 3.05) is 6.61 Å². The molecule has 0 unspecified atom stereocenters. The lowest BCUT2D eigenvalue weighted by Crippen LogP contribution is -2.24. The molecule has 5 heteroatoms. The maximum atomic E-state index is 11.3. The van der Waals surface area contributed by atoms with Crippen LogP contribution in [0.5, 0.6) is 5.75 Å². The van der Waals surface area contributed by atoms with Crippen molar-refractivity contribution >= 4 is 28.1 Å². The molecule has 1 N–H and O–H groups in total. The van der Waals surface area contributed by atoms with Crippen LogP contribution < -0.4 is 10.2 Å². The highest BCUT2D eigenvalue weighted by Gasteiger charge is 2.04. The van der Waals surface area contributed by atoms with Crippen LogP contribution in [0.1, 0.15) is 18.9 Å². The smallest absolute Gasteiger partial charge is 0.277 e. The summed E-state index contributed by atoms with van der Waals surface area (Å²) in [5.41, 5.74) is 3.50. The summed E-state index contributed by atoms with van der Waals surface area (Å²) < 4.78 is 6.19. The van der Waals surface area contributed by atoms with Crippen LogP contribution in [0.25, 0.3) is 0 Å². The van der Waals surface area contributed by atoms with E-state index in [1.807, 2.05) is 32.0 Å². The Labute approximate surface area is 109 Å². The van der Waals surface area contributed by atoms with Gasteiger partial charge in [0.2, 0.25) is 0 Å². The van der Waals surface area contributed by atoms with Gasteiger partial charge in [0.05, 0.1) is 4.47 Å². The fraction of sp³-hybridized carbons (Fsp3) is 0.333. The van der Waals surface area contributed by atoms with Crippen molar-refractivity contribution in [1.82, 2.24) is 5.43 Å². The zero-order valence-corrected chi connectivity index (χ0v) is 11.5. The van der Waals surface area contributed by atoms with Gasteiger partial charge in [-0.1, -0.05) is 13.0 Å². The Kier molecular flexibility index (Phi) is 5.69. The number of hydrogen-bond donors (Lipinski definition) is 1. The second kappa shape index (κ2) is 7.06. The highest BCUT2D eigenvalue weighted by atomic mass is 79.9.